The highest BCUT2D eigenvalue weighted by Gasteiger charge is 2.24. The van der Waals surface area contributed by atoms with Gasteiger partial charge < -0.3 is 10.2 Å². The van der Waals surface area contributed by atoms with Crippen LogP contribution in [0.5, 0.6) is 0 Å². The van der Waals surface area contributed by atoms with E-state index in [0.29, 0.717) is 6.04 Å². The highest BCUT2D eigenvalue weighted by molar-refractivity contribution is 7.15. The van der Waals surface area contributed by atoms with Crippen molar-refractivity contribution in [2.24, 2.45) is 5.92 Å². The van der Waals surface area contributed by atoms with Crippen LogP contribution in [-0.2, 0) is 6.54 Å². The Kier molecular flexibility index (Phi) is 3.82. The summed E-state index contributed by atoms with van der Waals surface area (Å²) in [5, 5.41) is 4.37. The summed E-state index contributed by atoms with van der Waals surface area (Å²) in [5.74, 6) is 0.864. The Balaban J connectivity index is 2.05. The zero-order valence-corrected chi connectivity index (χ0v) is 11.2. The summed E-state index contributed by atoms with van der Waals surface area (Å²) in [4.78, 5) is 8.32. The maximum absolute atomic E-state index is 4.54. The number of hydrogen-bond donors (Lipinski definition) is 1. The topological polar surface area (TPSA) is 28.2 Å². The first-order valence-electron chi connectivity index (χ1n) is 6.06. The monoisotopic (exact) mass is 239 g/mol. The van der Waals surface area contributed by atoms with Crippen LogP contribution in [0.1, 0.15) is 31.6 Å². The molecule has 0 bridgehead atoms. The molecular weight excluding hydrogens is 218 g/mol. The Morgan fingerprint density at radius 1 is 1.56 bits per heavy atom. The number of rotatable bonds is 3. The van der Waals surface area contributed by atoms with Gasteiger partial charge in [-0.15, -0.1) is 11.3 Å². The molecule has 0 spiro atoms. The Morgan fingerprint density at radius 2 is 2.38 bits per heavy atom. The highest BCUT2D eigenvalue weighted by Crippen LogP contribution is 2.30. The van der Waals surface area contributed by atoms with Gasteiger partial charge in [0.1, 0.15) is 0 Å². The van der Waals surface area contributed by atoms with Crippen molar-refractivity contribution in [1.29, 1.82) is 0 Å². The molecule has 1 saturated heterocycles. The van der Waals surface area contributed by atoms with Crippen LogP contribution in [0.15, 0.2) is 6.20 Å². The molecule has 3 nitrogen and oxygen atoms in total. The minimum atomic E-state index is 0.636. The van der Waals surface area contributed by atoms with Crippen LogP contribution in [0.2, 0.25) is 0 Å². The number of aromatic nitrogens is 1. The lowest BCUT2D eigenvalue weighted by Gasteiger charge is -2.36. The van der Waals surface area contributed by atoms with Crippen molar-refractivity contribution in [3.8, 4) is 0 Å². The molecule has 0 saturated carbocycles. The quantitative estimate of drug-likeness (QED) is 0.878. The Hall–Kier alpha value is -0.610. The van der Waals surface area contributed by atoms with Gasteiger partial charge >= 0.3 is 0 Å². The molecule has 1 N–H and O–H groups in total. The van der Waals surface area contributed by atoms with Crippen molar-refractivity contribution in [1.82, 2.24) is 10.3 Å². The summed E-state index contributed by atoms with van der Waals surface area (Å²) in [6, 6.07) is 0.636. The lowest BCUT2D eigenvalue weighted by Crippen LogP contribution is -2.40. The van der Waals surface area contributed by atoms with E-state index in [1.807, 2.05) is 24.6 Å². The minimum absolute atomic E-state index is 0.636. The normalized spacial score (nSPS) is 26.1. The van der Waals surface area contributed by atoms with Gasteiger partial charge in [-0.3, -0.25) is 0 Å². The number of anilines is 1. The Morgan fingerprint density at radius 3 is 3.06 bits per heavy atom. The zero-order valence-electron chi connectivity index (χ0n) is 10.4. The lowest BCUT2D eigenvalue weighted by atomic mass is 9.94. The second kappa shape index (κ2) is 5.15. The van der Waals surface area contributed by atoms with Crippen LogP contribution in [0, 0.1) is 5.92 Å². The number of nitrogens with one attached hydrogen (secondary N) is 1. The van der Waals surface area contributed by atoms with Crippen molar-refractivity contribution in [2.45, 2.75) is 39.3 Å². The number of nitrogens with zero attached hydrogens (tertiary/aromatic N) is 2. The molecule has 2 atom stereocenters. The van der Waals surface area contributed by atoms with E-state index in [0.717, 1.165) is 19.0 Å². The van der Waals surface area contributed by atoms with Gasteiger partial charge in [0.05, 0.1) is 0 Å². The van der Waals surface area contributed by atoms with Gasteiger partial charge in [0.2, 0.25) is 0 Å². The van der Waals surface area contributed by atoms with E-state index in [4.69, 9.17) is 0 Å². The summed E-state index contributed by atoms with van der Waals surface area (Å²) in [5.41, 5.74) is 0. The van der Waals surface area contributed by atoms with Crippen LogP contribution in [0.4, 0.5) is 5.13 Å². The van der Waals surface area contributed by atoms with Crippen molar-refractivity contribution >= 4 is 16.5 Å². The fraction of sp³-hybridized carbons (Fsp3) is 0.750. The van der Waals surface area contributed by atoms with Gasteiger partial charge in [-0.2, -0.15) is 0 Å². The molecular formula is C12H21N3S. The van der Waals surface area contributed by atoms with Crippen molar-refractivity contribution in [3.05, 3.63) is 11.1 Å². The molecule has 0 aliphatic carbocycles. The summed E-state index contributed by atoms with van der Waals surface area (Å²) in [7, 11) is 1.98. The Bertz CT molecular complexity index is 337. The summed E-state index contributed by atoms with van der Waals surface area (Å²) < 4.78 is 0. The van der Waals surface area contributed by atoms with Crippen LogP contribution >= 0.6 is 11.3 Å². The average molecular weight is 239 g/mol. The van der Waals surface area contributed by atoms with E-state index in [9.17, 15) is 0 Å². The van der Waals surface area contributed by atoms with E-state index >= 15 is 0 Å². The first-order chi connectivity index (χ1) is 7.70. The van der Waals surface area contributed by atoms with Gasteiger partial charge in [-0.1, -0.05) is 6.92 Å². The molecule has 90 valence electrons. The molecule has 1 aliphatic rings. The molecule has 1 aromatic rings. The average Bonchev–Trinajstić information content (AvgIpc) is 2.67. The molecule has 2 unspecified atom stereocenters. The van der Waals surface area contributed by atoms with Gasteiger partial charge in [0.25, 0.3) is 0 Å². The third-order valence-electron chi connectivity index (χ3n) is 3.28. The molecule has 4 heteroatoms. The predicted molar refractivity (Wildman–Crippen MR) is 70.1 cm³/mol. The number of thiazole rings is 1. The van der Waals surface area contributed by atoms with Gasteiger partial charge in [-0.05, 0) is 32.7 Å². The number of piperidine rings is 1. The van der Waals surface area contributed by atoms with E-state index in [1.54, 1.807) is 0 Å². The highest BCUT2D eigenvalue weighted by atomic mass is 32.1. The molecule has 0 aromatic carbocycles. The Labute approximate surface area is 102 Å². The van der Waals surface area contributed by atoms with Gasteiger partial charge in [0.15, 0.2) is 5.13 Å². The largest absolute Gasteiger partial charge is 0.345 e. The molecule has 1 aliphatic heterocycles. The summed E-state index contributed by atoms with van der Waals surface area (Å²) in [6.07, 6.45) is 4.59. The van der Waals surface area contributed by atoms with E-state index < -0.39 is 0 Å². The fourth-order valence-corrected chi connectivity index (χ4v) is 3.43. The summed E-state index contributed by atoms with van der Waals surface area (Å²) in [6.45, 7) is 6.75. The van der Waals surface area contributed by atoms with Crippen molar-refractivity contribution in [3.63, 3.8) is 0 Å². The molecule has 1 aromatic heterocycles. The molecule has 0 amide bonds. The smallest absolute Gasteiger partial charge is 0.185 e. The molecule has 1 fully saturated rings. The van der Waals surface area contributed by atoms with Gasteiger partial charge in [-0.25, -0.2) is 4.98 Å². The van der Waals surface area contributed by atoms with E-state index in [1.165, 1.54) is 22.9 Å². The lowest BCUT2D eigenvalue weighted by molar-refractivity contribution is 0.377. The maximum atomic E-state index is 4.54. The van der Waals surface area contributed by atoms with Crippen LogP contribution in [-0.4, -0.2) is 24.6 Å². The number of hydrogen-bond acceptors (Lipinski definition) is 4. The van der Waals surface area contributed by atoms with Crippen LogP contribution in [0.25, 0.3) is 0 Å². The second-order valence-corrected chi connectivity index (χ2v) is 5.91. The first-order valence-corrected chi connectivity index (χ1v) is 6.88. The van der Waals surface area contributed by atoms with Crippen molar-refractivity contribution < 1.29 is 0 Å². The zero-order chi connectivity index (χ0) is 11.5. The fourth-order valence-electron chi connectivity index (χ4n) is 2.38. The second-order valence-electron chi connectivity index (χ2n) is 4.81. The third kappa shape index (κ3) is 2.55. The van der Waals surface area contributed by atoms with Crippen LogP contribution < -0.4 is 10.2 Å². The molecule has 2 heterocycles. The molecule has 16 heavy (non-hydrogen) atoms. The first kappa shape index (κ1) is 11.9. The summed E-state index contributed by atoms with van der Waals surface area (Å²) >= 11 is 1.82. The van der Waals surface area contributed by atoms with E-state index in [-0.39, 0.29) is 0 Å². The minimum Gasteiger partial charge on any atom is -0.345 e. The molecule has 0 radical (unpaired) electrons. The van der Waals surface area contributed by atoms with Crippen LogP contribution in [0.3, 0.4) is 0 Å². The maximum Gasteiger partial charge on any atom is 0.185 e. The standard InChI is InChI=1S/C12H21N3S/c1-9-4-5-15(10(2)6-9)12-14-8-11(16-12)7-13-3/h8-10,13H,4-7H2,1-3H3. The molecule has 2 rings (SSSR count). The van der Waals surface area contributed by atoms with Gasteiger partial charge in [0, 0.05) is 30.2 Å². The third-order valence-corrected chi connectivity index (χ3v) is 4.31. The SMILES string of the molecule is CNCc1cnc(N2CCC(C)CC2C)s1. The van der Waals surface area contributed by atoms with E-state index in [2.05, 4.69) is 29.0 Å². The predicted octanol–water partition coefficient (Wildman–Crippen LogP) is 2.49. The van der Waals surface area contributed by atoms with Crippen molar-refractivity contribution in [2.75, 3.05) is 18.5 Å².